The molecule has 2 aromatic rings. The number of nitrogens with one attached hydrogen (secondary N) is 1. The third kappa shape index (κ3) is 3.13. The first kappa shape index (κ1) is 14.9. The smallest absolute Gasteiger partial charge is 0.0484 e. The molecule has 2 heteroatoms. The van der Waals surface area contributed by atoms with Crippen LogP contribution in [-0.4, -0.2) is 11.1 Å². The molecule has 1 aromatic heterocycles. The normalized spacial score (nSPS) is 11.0. The van der Waals surface area contributed by atoms with Crippen molar-refractivity contribution in [3.8, 4) is 5.69 Å². The summed E-state index contributed by atoms with van der Waals surface area (Å²) >= 11 is 0. The maximum atomic E-state index is 3.54. The first-order valence-electron chi connectivity index (χ1n) is 7.59. The highest BCUT2D eigenvalue weighted by Gasteiger charge is 2.11. The number of aryl methyl sites for hydroxylation is 2. The van der Waals surface area contributed by atoms with Crippen molar-refractivity contribution in [2.45, 2.75) is 47.1 Å². The van der Waals surface area contributed by atoms with Gasteiger partial charge in [-0.1, -0.05) is 31.5 Å². The van der Waals surface area contributed by atoms with Gasteiger partial charge >= 0.3 is 0 Å². The van der Waals surface area contributed by atoms with Crippen LogP contribution in [0.2, 0.25) is 0 Å². The lowest BCUT2D eigenvalue weighted by Crippen LogP contribution is -2.15. The Balaban J connectivity index is 2.23. The standard InChI is InChI=1S/C18H26N2/c1-5-6-11-19-13-17-12-15(3)20(16(17)4)18-10-8-7-9-14(18)2/h7-10,12,19H,5-6,11,13H2,1-4H3. The Bertz CT molecular complexity index is 567. The average molecular weight is 270 g/mol. The van der Waals surface area contributed by atoms with E-state index in [0.29, 0.717) is 0 Å². The molecule has 0 fully saturated rings. The summed E-state index contributed by atoms with van der Waals surface area (Å²) in [5.41, 5.74) is 6.67. The molecular formula is C18H26N2. The number of nitrogens with zero attached hydrogens (tertiary/aromatic N) is 1. The van der Waals surface area contributed by atoms with Crippen molar-refractivity contribution in [2.75, 3.05) is 6.54 Å². The van der Waals surface area contributed by atoms with Gasteiger partial charge in [0.15, 0.2) is 0 Å². The van der Waals surface area contributed by atoms with E-state index in [4.69, 9.17) is 0 Å². The molecule has 0 aliphatic heterocycles. The molecule has 2 nitrogen and oxygen atoms in total. The summed E-state index contributed by atoms with van der Waals surface area (Å²) in [6, 6.07) is 10.9. The fraction of sp³-hybridized carbons (Fsp3) is 0.444. The molecule has 0 atom stereocenters. The fourth-order valence-electron chi connectivity index (χ4n) is 2.72. The van der Waals surface area contributed by atoms with E-state index >= 15 is 0 Å². The van der Waals surface area contributed by atoms with E-state index in [1.807, 2.05) is 0 Å². The molecule has 0 aliphatic rings. The van der Waals surface area contributed by atoms with Gasteiger partial charge in [-0.15, -0.1) is 0 Å². The van der Waals surface area contributed by atoms with Gasteiger partial charge in [0.1, 0.15) is 0 Å². The molecule has 0 unspecified atom stereocenters. The van der Waals surface area contributed by atoms with Crippen molar-refractivity contribution in [1.29, 1.82) is 0 Å². The quantitative estimate of drug-likeness (QED) is 0.775. The van der Waals surface area contributed by atoms with E-state index in [1.165, 1.54) is 41.0 Å². The predicted molar refractivity (Wildman–Crippen MR) is 86.6 cm³/mol. The van der Waals surface area contributed by atoms with Crippen LogP contribution in [0.4, 0.5) is 0 Å². The summed E-state index contributed by atoms with van der Waals surface area (Å²) in [5, 5.41) is 3.54. The van der Waals surface area contributed by atoms with Gasteiger partial charge in [-0.3, -0.25) is 0 Å². The minimum Gasteiger partial charge on any atom is -0.318 e. The Morgan fingerprint density at radius 1 is 1.10 bits per heavy atom. The number of aromatic nitrogens is 1. The molecule has 0 amide bonds. The highest BCUT2D eigenvalue weighted by Crippen LogP contribution is 2.23. The van der Waals surface area contributed by atoms with Crippen molar-refractivity contribution in [3.05, 3.63) is 52.8 Å². The highest BCUT2D eigenvalue weighted by atomic mass is 15.0. The van der Waals surface area contributed by atoms with Crippen LogP contribution in [0.5, 0.6) is 0 Å². The van der Waals surface area contributed by atoms with Crippen LogP contribution < -0.4 is 5.32 Å². The number of unbranched alkanes of at least 4 members (excludes halogenated alkanes) is 1. The van der Waals surface area contributed by atoms with Crippen LogP contribution in [-0.2, 0) is 6.54 Å². The molecule has 0 bridgehead atoms. The molecule has 0 radical (unpaired) electrons. The molecule has 1 N–H and O–H groups in total. The molecule has 0 saturated carbocycles. The zero-order chi connectivity index (χ0) is 14.5. The lowest BCUT2D eigenvalue weighted by atomic mass is 10.2. The molecule has 108 valence electrons. The number of benzene rings is 1. The largest absolute Gasteiger partial charge is 0.318 e. The number of para-hydroxylation sites is 1. The van der Waals surface area contributed by atoms with Crippen LogP contribution in [0.3, 0.4) is 0 Å². The van der Waals surface area contributed by atoms with Crippen LogP contribution >= 0.6 is 0 Å². The maximum Gasteiger partial charge on any atom is 0.0484 e. The van der Waals surface area contributed by atoms with Crippen LogP contribution in [0.1, 0.15) is 42.3 Å². The molecular weight excluding hydrogens is 244 g/mol. The van der Waals surface area contributed by atoms with Gasteiger partial charge in [-0.25, -0.2) is 0 Å². The summed E-state index contributed by atoms with van der Waals surface area (Å²) < 4.78 is 2.37. The molecule has 1 heterocycles. The Hall–Kier alpha value is -1.54. The third-order valence-electron chi connectivity index (χ3n) is 3.91. The van der Waals surface area contributed by atoms with E-state index < -0.39 is 0 Å². The van der Waals surface area contributed by atoms with Gasteiger partial charge in [-0.2, -0.15) is 0 Å². The number of hydrogen-bond acceptors (Lipinski definition) is 1. The first-order chi connectivity index (χ1) is 9.65. The van der Waals surface area contributed by atoms with Gasteiger partial charge in [-0.05, 0) is 57.0 Å². The van der Waals surface area contributed by atoms with Crippen LogP contribution in [0.15, 0.2) is 30.3 Å². The molecule has 2 rings (SSSR count). The van der Waals surface area contributed by atoms with Gasteiger partial charge in [0.2, 0.25) is 0 Å². The predicted octanol–water partition coefficient (Wildman–Crippen LogP) is 4.29. The minimum atomic E-state index is 0.964. The van der Waals surface area contributed by atoms with E-state index in [1.54, 1.807) is 0 Å². The second kappa shape index (κ2) is 6.76. The van der Waals surface area contributed by atoms with Gasteiger partial charge < -0.3 is 9.88 Å². The van der Waals surface area contributed by atoms with Gasteiger partial charge in [0.25, 0.3) is 0 Å². The van der Waals surface area contributed by atoms with Crippen molar-refractivity contribution in [2.24, 2.45) is 0 Å². The fourth-order valence-corrected chi connectivity index (χ4v) is 2.72. The molecule has 0 aliphatic carbocycles. The third-order valence-corrected chi connectivity index (χ3v) is 3.91. The summed E-state index contributed by atoms with van der Waals surface area (Å²) in [5.74, 6) is 0. The molecule has 0 spiro atoms. The molecule has 1 aromatic carbocycles. The second-order valence-corrected chi connectivity index (χ2v) is 5.55. The Morgan fingerprint density at radius 3 is 2.55 bits per heavy atom. The lowest BCUT2D eigenvalue weighted by Gasteiger charge is -2.13. The zero-order valence-electron chi connectivity index (χ0n) is 13.2. The van der Waals surface area contributed by atoms with Gasteiger partial charge in [0.05, 0.1) is 0 Å². The van der Waals surface area contributed by atoms with E-state index in [9.17, 15) is 0 Å². The van der Waals surface area contributed by atoms with Crippen molar-refractivity contribution in [3.63, 3.8) is 0 Å². The average Bonchev–Trinajstić information content (AvgIpc) is 2.71. The van der Waals surface area contributed by atoms with Crippen molar-refractivity contribution in [1.82, 2.24) is 9.88 Å². The van der Waals surface area contributed by atoms with E-state index in [2.05, 4.69) is 67.9 Å². The highest BCUT2D eigenvalue weighted by molar-refractivity contribution is 5.46. The van der Waals surface area contributed by atoms with Crippen molar-refractivity contribution < 1.29 is 0 Å². The summed E-state index contributed by atoms with van der Waals surface area (Å²) in [7, 11) is 0. The Morgan fingerprint density at radius 2 is 1.85 bits per heavy atom. The Kier molecular flexibility index (Phi) is 5.02. The Labute approximate surface area is 122 Å². The van der Waals surface area contributed by atoms with Crippen molar-refractivity contribution >= 4 is 0 Å². The van der Waals surface area contributed by atoms with Crippen LogP contribution in [0, 0.1) is 20.8 Å². The lowest BCUT2D eigenvalue weighted by molar-refractivity contribution is 0.639. The second-order valence-electron chi connectivity index (χ2n) is 5.55. The summed E-state index contributed by atoms with van der Waals surface area (Å²) in [6.07, 6.45) is 2.49. The molecule has 0 saturated heterocycles. The van der Waals surface area contributed by atoms with Gasteiger partial charge in [0, 0.05) is 23.6 Å². The van der Waals surface area contributed by atoms with E-state index in [-0.39, 0.29) is 0 Å². The first-order valence-corrected chi connectivity index (χ1v) is 7.59. The maximum absolute atomic E-state index is 3.54. The monoisotopic (exact) mass is 270 g/mol. The zero-order valence-corrected chi connectivity index (χ0v) is 13.2. The topological polar surface area (TPSA) is 17.0 Å². The SMILES string of the molecule is CCCCNCc1cc(C)n(-c2ccccc2C)c1C. The summed E-state index contributed by atoms with van der Waals surface area (Å²) in [6.45, 7) is 10.9. The number of rotatable bonds is 6. The van der Waals surface area contributed by atoms with Crippen LogP contribution in [0.25, 0.3) is 5.69 Å². The molecule has 20 heavy (non-hydrogen) atoms. The van der Waals surface area contributed by atoms with E-state index in [0.717, 1.165) is 13.1 Å². The number of hydrogen-bond donors (Lipinski definition) is 1. The minimum absolute atomic E-state index is 0.964. The summed E-state index contributed by atoms with van der Waals surface area (Å²) in [4.78, 5) is 0.